The van der Waals surface area contributed by atoms with E-state index in [0.717, 1.165) is 12.8 Å². The lowest BCUT2D eigenvalue weighted by Gasteiger charge is -2.26. The fourth-order valence-electron chi connectivity index (χ4n) is 4.35. The molecule has 1 saturated heterocycles. The third kappa shape index (κ3) is 10.4. The van der Waals surface area contributed by atoms with Gasteiger partial charge in [-0.1, -0.05) is 58.6 Å². The lowest BCUT2D eigenvalue weighted by molar-refractivity contribution is -0.146. The topological polar surface area (TPSA) is 120 Å². The Kier molecular flexibility index (Phi) is 14.6. The molecule has 1 aliphatic rings. The first-order chi connectivity index (χ1) is 17.9. The third-order valence-corrected chi connectivity index (χ3v) is 6.80. The molecule has 4 N–H and O–H groups in total. The van der Waals surface area contributed by atoms with Gasteiger partial charge in [-0.25, -0.2) is 4.79 Å². The van der Waals surface area contributed by atoms with Crippen molar-refractivity contribution < 1.29 is 34.7 Å². The number of allylic oxidation sites excluding steroid dienone is 3. The van der Waals surface area contributed by atoms with Crippen molar-refractivity contribution >= 4 is 5.97 Å². The summed E-state index contributed by atoms with van der Waals surface area (Å²) < 4.78 is 11.7. The van der Waals surface area contributed by atoms with Gasteiger partial charge in [-0.3, -0.25) is 0 Å². The van der Waals surface area contributed by atoms with Gasteiger partial charge in [0.05, 0.1) is 12.2 Å². The average Bonchev–Trinajstić information content (AvgIpc) is 3.66. The zero-order valence-corrected chi connectivity index (χ0v) is 23.3. The van der Waals surface area contributed by atoms with E-state index in [0.29, 0.717) is 17.9 Å². The second-order valence-corrected chi connectivity index (χ2v) is 10.3. The van der Waals surface area contributed by atoms with Gasteiger partial charge in [0, 0.05) is 18.4 Å². The Hall–Kier alpha value is -2.47. The molecule has 0 radical (unpaired) electrons. The summed E-state index contributed by atoms with van der Waals surface area (Å²) in [5.74, 6) is 2.48. The molecule has 38 heavy (non-hydrogen) atoms. The number of esters is 1. The fourth-order valence-corrected chi connectivity index (χ4v) is 4.35. The van der Waals surface area contributed by atoms with Gasteiger partial charge >= 0.3 is 5.97 Å². The van der Waals surface area contributed by atoms with Crippen molar-refractivity contribution in [2.24, 2.45) is 11.8 Å². The molecular weight excluding hydrogens is 484 g/mol. The van der Waals surface area contributed by atoms with E-state index in [1.54, 1.807) is 19.1 Å². The summed E-state index contributed by atoms with van der Waals surface area (Å²) in [6, 6.07) is 0. The highest BCUT2D eigenvalue weighted by Gasteiger charge is 2.50. The number of ether oxygens (including phenoxy) is 2. The lowest BCUT2D eigenvalue weighted by atomic mass is 9.92. The first-order valence-corrected chi connectivity index (χ1v) is 13.2. The summed E-state index contributed by atoms with van der Waals surface area (Å²) >= 11 is 0. The number of hydrogen-bond acceptors (Lipinski definition) is 7. The van der Waals surface area contributed by atoms with E-state index in [1.807, 2.05) is 6.92 Å². The highest BCUT2D eigenvalue weighted by atomic mass is 16.6. The second kappa shape index (κ2) is 16.5. The molecule has 0 saturated carbocycles. The number of hydrogen-bond donors (Lipinski definition) is 4. The normalized spacial score (nSPS) is 22.9. The van der Waals surface area contributed by atoms with Crippen LogP contribution in [0.25, 0.3) is 0 Å². The Balaban J connectivity index is 2.71. The average molecular weight is 531 g/mol. The number of epoxide rings is 1. The Morgan fingerprint density at radius 2 is 1.79 bits per heavy atom. The SMILES string of the molecule is C#CC[C@H](C)[C@@H](OC(=O)/C=C(C)/C=C/CC(=C)[C@@H](O)[C@H](O)C(=C)[C@@H](O)[C@H](O)CC=C)[C@H]1O[C@@H]1[C@H](C)CCC. The standard InChI is InChI=1S/C31H46O7/c1-9-13-21(6)29(31-30(38-31)22(7)14-10-2)37-25(33)18-19(4)16-12-17-20(5)26(34)28(36)23(8)27(35)24(32)15-11-3/h1,11-12,16,18,21-22,24,26-32,34-36H,3,5,8,10,13-15,17H2,2,4,6-7H3/b16-12+,19-18+/t21-,22+,24+,26+,27+,28+,29+,30+,31+/m0/s1. The van der Waals surface area contributed by atoms with Crippen LogP contribution in [-0.2, 0) is 14.3 Å². The summed E-state index contributed by atoms with van der Waals surface area (Å²) in [4.78, 5) is 12.7. The van der Waals surface area contributed by atoms with Crippen molar-refractivity contribution in [3.05, 3.63) is 60.8 Å². The second-order valence-electron chi connectivity index (χ2n) is 10.3. The predicted octanol–water partition coefficient (Wildman–Crippen LogP) is 3.79. The van der Waals surface area contributed by atoms with Gasteiger partial charge in [0.2, 0.25) is 0 Å². The van der Waals surface area contributed by atoms with Crippen molar-refractivity contribution in [2.45, 2.75) is 103 Å². The first-order valence-electron chi connectivity index (χ1n) is 13.2. The van der Waals surface area contributed by atoms with Crippen molar-refractivity contribution in [3.63, 3.8) is 0 Å². The molecule has 0 aromatic rings. The number of carbonyl (C=O) groups is 1. The van der Waals surface area contributed by atoms with Gasteiger partial charge in [0.25, 0.3) is 0 Å². The van der Waals surface area contributed by atoms with Crippen LogP contribution >= 0.6 is 0 Å². The number of aliphatic hydroxyl groups excluding tert-OH is 4. The number of rotatable bonds is 18. The predicted molar refractivity (Wildman–Crippen MR) is 150 cm³/mol. The summed E-state index contributed by atoms with van der Waals surface area (Å²) in [6.07, 6.45) is 8.53. The van der Waals surface area contributed by atoms with Crippen LogP contribution in [-0.4, -0.2) is 69.1 Å². The van der Waals surface area contributed by atoms with Crippen LogP contribution in [0, 0.1) is 24.2 Å². The molecule has 0 amide bonds. The van der Waals surface area contributed by atoms with E-state index in [-0.39, 0.29) is 42.1 Å². The molecule has 212 valence electrons. The minimum Gasteiger partial charge on any atom is -0.456 e. The maximum Gasteiger partial charge on any atom is 0.331 e. The highest BCUT2D eigenvalue weighted by molar-refractivity contribution is 5.83. The van der Waals surface area contributed by atoms with Crippen LogP contribution in [0.1, 0.15) is 59.8 Å². The molecule has 7 heteroatoms. The van der Waals surface area contributed by atoms with E-state index < -0.39 is 36.5 Å². The molecule has 1 aliphatic heterocycles. The lowest BCUT2D eigenvalue weighted by Crippen LogP contribution is -2.38. The molecule has 0 aromatic heterocycles. The van der Waals surface area contributed by atoms with Gasteiger partial charge in [0.15, 0.2) is 0 Å². The zero-order chi connectivity index (χ0) is 29.0. The minimum atomic E-state index is -1.51. The van der Waals surface area contributed by atoms with Crippen molar-refractivity contribution in [1.29, 1.82) is 0 Å². The van der Waals surface area contributed by atoms with Gasteiger partial charge in [-0.2, -0.15) is 0 Å². The Morgan fingerprint density at radius 3 is 2.37 bits per heavy atom. The van der Waals surface area contributed by atoms with Crippen LogP contribution in [0.4, 0.5) is 0 Å². The van der Waals surface area contributed by atoms with E-state index in [1.165, 1.54) is 12.2 Å². The van der Waals surface area contributed by atoms with Crippen LogP contribution < -0.4 is 0 Å². The largest absolute Gasteiger partial charge is 0.456 e. The maximum atomic E-state index is 12.7. The van der Waals surface area contributed by atoms with E-state index in [2.05, 4.69) is 39.5 Å². The number of aliphatic hydroxyl groups is 4. The Bertz CT molecular complexity index is 912. The summed E-state index contributed by atoms with van der Waals surface area (Å²) in [6.45, 7) is 18.8. The number of terminal acetylenes is 1. The smallest absolute Gasteiger partial charge is 0.331 e. The quantitative estimate of drug-likeness (QED) is 0.0532. The van der Waals surface area contributed by atoms with Crippen LogP contribution in [0.3, 0.4) is 0 Å². The van der Waals surface area contributed by atoms with E-state index in [4.69, 9.17) is 15.9 Å². The summed E-state index contributed by atoms with van der Waals surface area (Å²) in [5.41, 5.74) is 0.786. The molecule has 1 rings (SSSR count). The van der Waals surface area contributed by atoms with Gasteiger partial charge in [-0.05, 0) is 48.8 Å². The number of carbonyl (C=O) groups excluding carboxylic acids is 1. The van der Waals surface area contributed by atoms with E-state index in [9.17, 15) is 25.2 Å². The van der Waals surface area contributed by atoms with Crippen molar-refractivity contribution in [1.82, 2.24) is 0 Å². The highest BCUT2D eigenvalue weighted by Crippen LogP contribution is 2.38. The van der Waals surface area contributed by atoms with Gasteiger partial charge < -0.3 is 29.9 Å². The van der Waals surface area contributed by atoms with E-state index >= 15 is 0 Å². The molecule has 0 unspecified atom stereocenters. The molecule has 1 fully saturated rings. The zero-order valence-electron chi connectivity index (χ0n) is 23.3. The molecule has 0 aromatic carbocycles. The van der Waals surface area contributed by atoms with Crippen LogP contribution in [0.2, 0.25) is 0 Å². The summed E-state index contributed by atoms with van der Waals surface area (Å²) in [5, 5.41) is 40.7. The van der Waals surface area contributed by atoms with Gasteiger partial charge in [-0.15, -0.1) is 18.9 Å². The van der Waals surface area contributed by atoms with Crippen molar-refractivity contribution in [3.8, 4) is 12.3 Å². The summed E-state index contributed by atoms with van der Waals surface area (Å²) in [7, 11) is 0. The van der Waals surface area contributed by atoms with Crippen LogP contribution in [0.5, 0.6) is 0 Å². The molecule has 9 atom stereocenters. The molecule has 0 spiro atoms. The molecule has 0 bridgehead atoms. The van der Waals surface area contributed by atoms with Crippen molar-refractivity contribution in [2.75, 3.05) is 0 Å². The van der Waals surface area contributed by atoms with Crippen LogP contribution in [0.15, 0.2) is 60.8 Å². The first kappa shape index (κ1) is 33.6. The monoisotopic (exact) mass is 530 g/mol. The molecule has 7 nitrogen and oxygen atoms in total. The third-order valence-electron chi connectivity index (χ3n) is 6.80. The minimum absolute atomic E-state index is 0.0422. The Labute approximate surface area is 228 Å². The molecule has 1 heterocycles. The molecule has 0 aliphatic carbocycles. The molecular formula is C31H46O7. The maximum absolute atomic E-state index is 12.7. The van der Waals surface area contributed by atoms with Gasteiger partial charge in [0.1, 0.15) is 30.5 Å². The Morgan fingerprint density at radius 1 is 1.13 bits per heavy atom. The fraction of sp³-hybridized carbons (Fsp3) is 0.581.